The largest absolute Gasteiger partial charge is 0.497 e. The van der Waals surface area contributed by atoms with E-state index in [2.05, 4.69) is 51.2 Å². The molecular formula is C42H28F4N12O4. The van der Waals surface area contributed by atoms with Gasteiger partial charge in [-0.25, -0.2) is 36.6 Å². The summed E-state index contributed by atoms with van der Waals surface area (Å²) in [6.07, 6.45) is 6.43. The summed E-state index contributed by atoms with van der Waals surface area (Å²) in [4.78, 5) is 33.5. The van der Waals surface area contributed by atoms with Crippen LogP contribution >= 0.6 is 0 Å². The zero-order chi connectivity index (χ0) is 43.1. The van der Waals surface area contributed by atoms with Crippen LogP contribution in [0.15, 0.2) is 110 Å². The Bertz CT molecular complexity index is 3110. The van der Waals surface area contributed by atoms with Crippen molar-refractivity contribution in [3.05, 3.63) is 144 Å². The molecule has 0 atom stereocenters. The molecule has 0 fully saturated rings. The first-order valence-corrected chi connectivity index (χ1v) is 18.3. The van der Waals surface area contributed by atoms with Crippen LogP contribution in [0.1, 0.15) is 20.7 Å². The van der Waals surface area contributed by atoms with E-state index in [1.807, 2.05) is 0 Å². The Morgan fingerprint density at radius 2 is 0.984 bits per heavy atom. The summed E-state index contributed by atoms with van der Waals surface area (Å²) < 4.78 is 69.8. The van der Waals surface area contributed by atoms with Crippen molar-refractivity contribution in [2.75, 3.05) is 24.9 Å². The maximum Gasteiger partial charge on any atom is 0.256 e. The molecule has 0 saturated carbocycles. The molecule has 0 aliphatic rings. The Kier molecular flexibility index (Phi) is 9.91. The van der Waals surface area contributed by atoms with E-state index < -0.39 is 35.1 Å². The van der Waals surface area contributed by atoms with Gasteiger partial charge < -0.3 is 20.1 Å². The predicted octanol–water partition coefficient (Wildman–Crippen LogP) is 7.62. The number of pyridine rings is 4. The Labute approximate surface area is 345 Å². The van der Waals surface area contributed by atoms with E-state index in [-0.39, 0.29) is 45.4 Å². The number of hydrogen-bond acceptors (Lipinski definition) is 10. The highest BCUT2D eigenvalue weighted by molar-refractivity contribution is 6.08. The van der Waals surface area contributed by atoms with Gasteiger partial charge in [0.15, 0.2) is 34.6 Å². The Hall–Kier alpha value is -8.68. The SMILES string of the molecule is COc1ccn2ncc(-c3nc4[nH]nc(NC(=O)c5ccc(F)cc5)c4cc3F)c2c1.COc1ccn2ncc(-c3nc4[nH]nc(NC(=O)c5ccc(F)cc5)c4cc3F)c2c1. The number of rotatable bonds is 8. The fourth-order valence-corrected chi connectivity index (χ4v) is 6.52. The highest BCUT2D eigenvalue weighted by Gasteiger charge is 2.21. The third-order valence-corrected chi connectivity index (χ3v) is 9.65. The lowest BCUT2D eigenvalue weighted by Gasteiger charge is -2.05. The molecule has 0 unspecified atom stereocenters. The van der Waals surface area contributed by atoms with Crippen molar-refractivity contribution < 1.29 is 36.6 Å². The van der Waals surface area contributed by atoms with Crippen molar-refractivity contribution in [1.82, 2.24) is 49.6 Å². The number of methoxy groups -OCH3 is 2. The number of ether oxygens (including phenoxy) is 2. The molecule has 10 rings (SSSR count). The van der Waals surface area contributed by atoms with Crippen LogP contribution in [-0.4, -0.2) is 75.6 Å². The van der Waals surface area contributed by atoms with E-state index in [1.54, 1.807) is 59.9 Å². The van der Waals surface area contributed by atoms with Crippen LogP contribution in [0, 0.1) is 23.3 Å². The molecular weight excluding hydrogens is 813 g/mol. The maximum atomic E-state index is 15.0. The number of anilines is 2. The summed E-state index contributed by atoms with van der Waals surface area (Å²) in [6, 6.07) is 19.5. The number of fused-ring (bicyclic) bond motifs is 4. The second-order valence-electron chi connectivity index (χ2n) is 13.4. The normalized spacial score (nSPS) is 11.2. The fraction of sp³-hybridized carbons (Fsp3) is 0.0476. The molecule has 20 heteroatoms. The summed E-state index contributed by atoms with van der Waals surface area (Å²) >= 11 is 0. The lowest BCUT2D eigenvalue weighted by atomic mass is 10.1. The average molecular weight is 841 g/mol. The number of H-pyrrole nitrogens is 2. The maximum absolute atomic E-state index is 15.0. The molecule has 0 aliphatic heterocycles. The van der Waals surface area contributed by atoms with Gasteiger partial charge in [0, 0.05) is 46.8 Å². The number of benzene rings is 2. The van der Waals surface area contributed by atoms with Gasteiger partial charge in [0.2, 0.25) is 0 Å². The number of carbonyl (C=O) groups is 2. The number of amides is 2. The third-order valence-electron chi connectivity index (χ3n) is 9.65. The average Bonchev–Trinajstić information content (AvgIpc) is 4.09. The molecule has 4 N–H and O–H groups in total. The predicted molar refractivity (Wildman–Crippen MR) is 218 cm³/mol. The van der Waals surface area contributed by atoms with Crippen molar-refractivity contribution in [1.29, 1.82) is 0 Å². The van der Waals surface area contributed by atoms with E-state index in [1.165, 1.54) is 73.1 Å². The summed E-state index contributed by atoms with van der Waals surface area (Å²) in [5.41, 5.74) is 3.40. The van der Waals surface area contributed by atoms with Gasteiger partial charge in [0.1, 0.15) is 34.5 Å². The van der Waals surface area contributed by atoms with Gasteiger partial charge in [-0.15, -0.1) is 0 Å². The minimum absolute atomic E-state index is 0.0795. The van der Waals surface area contributed by atoms with Crippen molar-refractivity contribution in [3.8, 4) is 34.0 Å². The Morgan fingerprint density at radius 1 is 0.581 bits per heavy atom. The molecule has 8 heterocycles. The van der Waals surface area contributed by atoms with Gasteiger partial charge in [-0.05, 0) is 72.8 Å². The van der Waals surface area contributed by atoms with Crippen LogP contribution < -0.4 is 20.1 Å². The van der Waals surface area contributed by atoms with Crippen LogP contribution in [-0.2, 0) is 0 Å². The second-order valence-corrected chi connectivity index (χ2v) is 13.4. The topological polar surface area (TPSA) is 194 Å². The van der Waals surface area contributed by atoms with E-state index in [0.717, 1.165) is 0 Å². The first-order chi connectivity index (χ1) is 30.1. The van der Waals surface area contributed by atoms with Crippen LogP contribution in [0.2, 0.25) is 0 Å². The molecule has 0 spiro atoms. The molecule has 62 heavy (non-hydrogen) atoms. The van der Waals surface area contributed by atoms with Crippen molar-refractivity contribution in [2.45, 2.75) is 0 Å². The number of halogens is 4. The van der Waals surface area contributed by atoms with Gasteiger partial charge in [-0.3, -0.25) is 19.8 Å². The minimum atomic E-state index is -0.607. The number of aromatic nitrogens is 10. The van der Waals surface area contributed by atoms with E-state index in [4.69, 9.17) is 9.47 Å². The quantitative estimate of drug-likeness (QED) is 0.111. The van der Waals surface area contributed by atoms with Crippen molar-refractivity contribution in [2.24, 2.45) is 0 Å². The number of nitrogens with one attached hydrogen (secondary N) is 4. The molecule has 16 nitrogen and oxygen atoms in total. The minimum Gasteiger partial charge on any atom is -0.497 e. The number of nitrogens with zero attached hydrogens (tertiary/aromatic N) is 8. The van der Waals surface area contributed by atoms with Crippen LogP contribution in [0.5, 0.6) is 11.5 Å². The summed E-state index contributed by atoms with van der Waals surface area (Å²) in [7, 11) is 3.08. The summed E-state index contributed by atoms with van der Waals surface area (Å²) in [6.45, 7) is 0. The monoisotopic (exact) mass is 840 g/mol. The molecule has 0 aliphatic carbocycles. The Balaban J connectivity index is 0.000000158. The van der Waals surface area contributed by atoms with Gasteiger partial charge >= 0.3 is 0 Å². The molecule has 2 aromatic carbocycles. The lowest BCUT2D eigenvalue weighted by molar-refractivity contribution is 0.101. The highest BCUT2D eigenvalue weighted by atomic mass is 19.1. The standard InChI is InChI=1S/2C21H14F2N6O2/c2*1-31-13-6-7-29-17(8-13)15(10-24-29)18-16(23)9-14-19(25-18)27-28-20(14)26-21(30)11-2-4-12(22)5-3-11/h2*2-10H,1H3,(H2,25,26,27,28,30). The third kappa shape index (κ3) is 7.31. The van der Waals surface area contributed by atoms with Gasteiger partial charge in [0.25, 0.3) is 11.8 Å². The molecule has 0 radical (unpaired) electrons. The molecule has 8 aromatic heterocycles. The lowest BCUT2D eigenvalue weighted by Crippen LogP contribution is -2.12. The van der Waals surface area contributed by atoms with Crippen molar-refractivity contribution >= 4 is 56.6 Å². The zero-order valence-corrected chi connectivity index (χ0v) is 32.1. The number of carbonyl (C=O) groups excluding carboxylic acids is 2. The van der Waals surface area contributed by atoms with Gasteiger partial charge in [0.05, 0.1) is 48.4 Å². The van der Waals surface area contributed by atoms with Crippen LogP contribution in [0.4, 0.5) is 29.2 Å². The second kappa shape index (κ2) is 15.8. The smallest absolute Gasteiger partial charge is 0.256 e. The zero-order valence-electron chi connectivity index (χ0n) is 32.1. The molecule has 308 valence electrons. The Morgan fingerprint density at radius 3 is 1.37 bits per heavy atom. The summed E-state index contributed by atoms with van der Waals surface area (Å²) in [5, 5.41) is 27.7. The number of hydrogen-bond donors (Lipinski definition) is 4. The first-order valence-electron chi connectivity index (χ1n) is 18.3. The van der Waals surface area contributed by atoms with Gasteiger partial charge in [-0.1, -0.05) is 0 Å². The summed E-state index contributed by atoms with van der Waals surface area (Å²) in [5.74, 6) is -1.71. The van der Waals surface area contributed by atoms with E-state index in [9.17, 15) is 18.4 Å². The van der Waals surface area contributed by atoms with E-state index in [0.29, 0.717) is 44.4 Å². The van der Waals surface area contributed by atoms with Crippen LogP contribution in [0.25, 0.3) is 55.6 Å². The number of aromatic amines is 2. The van der Waals surface area contributed by atoms with E-state index >= 15 is 8.78 Å². The fourth-order valence-electron chi connectivity index (χ4n) is 6.52. The first kappa shape index (κ1) is 38.8. The van der Waals surface area contributed by atoms with Crippen LogP contribution in [0.3, 0.4) is 0 Å². The van der Waals surface area contributed by atoms with Crippen molar-refractivity contribution in [3.63, 3.8) is 0 Å². The molecule has 0 saturated heterocycles. The molecule has 2 amide bonds. The van der Waals surface area contributed by atoms with Gasteiger partial charge in [-0.2, -0.15) is 20.4 Å². The molecule has 10 aromatic rings. The highest BCUT2D eigenvalue weighted by Crippen LogP contribution is 2.33. The molecule has 0 bridgehead atoms.